The zero-order valence-corrected chi connectivity index (χ0v) is 14.8. The van der Waals surface area contributed by atoms with Crippen LogP contribution in [0.4, 0.5) is 4.39 Å². The molecule has 0 atom stereocenters. The zero-order valence-electron chi connectivity index (χ0n) is 14.0. The molecular formula is C17H25ClFN3O. The normalized spacial score (nSPS) is 17.3. The van der Waals surface area contributed by atoms with Gasteiger partial charge >= 0.3 is 0 Å². The van der Waals surface area contributed by atoms with Crippen molar-refractivity contribution in [2.45, 2.75) is 26.3 Å². The van der Waals surface area contributed by atoms with E-state index >= 15 is 0 Å². The van der Waals surface area contributed by atoms with Gasteiger partial charge in [0, 0.05) is 31.2 Å². The van der Waals surface area contributed by atoms with Crippen molar-refractivity contribution in [1.82, 2.24) is 15.1 Å². The van der Waals surface area contributed by atoms with Crippen LogP contribution in [0, 0.1) is 5.82 Å². The minimum absolute atomic E-state index is 0.0414. The molecule has 0 aromatic heterocycles. The third-order valence-corrected chi connectivity index (χ3v) is 4.65. The summed E-state index contributed by atoms with van der Waals surface area (Å²) in [6.07, 6.45) is 0. The SMILES string of the molecule is CCN1CCN(CC(=O)NC(C)(C)c2ccc(F)cc2Cl)CC1. The first-order valence-corrected chi connectivity index (χ1v) is 8.41. The van der Waals surface area contributed by atoms with Crippen LogP contribution in [-0.4, -0.2) is 55.0 Å². The van der Waals surface area contributed by atoms with Gasteiger partial charge in [-0.3, -0.25) is 9.69 Å². The molecule has 2 rings (SSSR count). The van der Waals surface area contributed by atoms with Gasteiger partial charge < -0.3 is 10.2 Å². The van der Waals surface area contributed by atoms with Crippen molar-refractivity contribution in [3.05, 3.63) is 34.6 Å². The van der Waals surface area contributed by atoms with E-state index in [2.05, 4.69) is 22.0 Å². The van der Waals surface area contributed by atoms with E-state index in [-0.39, 0.29) is 11.7 Å². The number of rotatable bonds is 5. The van der Waals surface area contributed by atoms with Gasteiger partial charge in [0.2, 0.25) is 5.91 Å². The van der Waals surface area contributed by atoms with Crippen molar-refractivity contribution in [1.29, 1.82) is 0 Å². The minimum Gasteiger partial charge on any atom is -0.346 e. The Balaban J connectivity index is 1.93. The highest BCUT2D eigenvalue weighted by Crippen LogP contribution is 2.28. The van der Waals surface area contributed by atoms with Crippen LogP contribution in [0.25, 0.3) is 0 Å². The summed E-state index contributed by atoms with van der Waals surface area (Å²) < 4.78 is 13.2. The maximum Gasteiger partial charge on any atom is 0.234 e. The molecule has 1 aliphatic rings. The summed E-state index contributed by atoms with van der Waals surface area (Å²) in [6.45, 7) is 11.1. The second-order valence-corrected chi connectivity index (χ2v) is 6.91. The summed E-state index contributed by atoms with van der Waals surface area (Å²) in [6, 6.07) is 4.26. The number of nitrogens with zero attached hydrogens (tertiary/aromatic N) is 2. The van der Waals surface area contributed by atoms with Crippen molar-refractivity contribution < 1.29 is 9.18 Å². The van der Waals surface area contributed by atoms with Crippen molar-refractivity contribution in [2.24, 2.45) is 0 Å². The Morgan fingerprint density at radius 1 is 1.26 bits per heavy atom. The summed E-state index contributed by atoms with van der Waals surface area (Å²) in [7, 11) is 0. The second kappa shape index (κ2) is 7.60. The van der Waals surface area contributed by atoms with Gasteiger partial charge in [-0.1, -0.05) is 24.6 Å². The van der Waals surface area contributed by atoms with Crippen LogP contribution in [-0.2, 0) is 10.3 Å². The Morgan fingerprint density at radius 3 is 2.43 bits per heavy atom. The van der Waals surface area contributed by atoms with Gasteiger partial charge in [-0.2, -0.15) is 0 Å². The Labute approximate surface area is 142 Å². The number of likely N-dealkylation sites (N-methyl/N-ethyl adjacent to an activating group) is 1. The maximum atomic E-state index is 13.2. The molecule has 0 unspecified atom stereocenters. The predicted octanol–water partition coefficient (Wildman–Crippen LogP) is 2.47. The standard InChI is InChI=1S/C17H25ClFN3O/c1-4-21-7-9-22(10-8-21)12-16(23)20-17(2,3)14-6-5-13(19)11-15(14)18/h5-6,11H,4,7-10,12H2,1-3H3,(H,20,23). The maximum absolute atomic E-state index is 13.2. The van der Waals surface area contributed by atoms with Gasteiger partial charge in [0.1, 0.15) is 5.82 Å². The van der Waals surface area contributed by atoms with Gasteiger partial charge in [-0.25, -0.2) is 4.39 Å². The van der Waals surface area contributed by atoms with Crippen LogP contribution >= 0.6 is 11.6 Å². The van der Waals surface area contributed by atoms with Crippen LogP contribution in [0.2, 0.25) is 5.02 Å². The van der Waals surface area contributed by atoms with Gasteiger partial charge in [-0.15, -0.1) is 0 Å². The lowest BCUT2D eigenvalue weighted by Crippen LogP contribution is -2.51. The van der Waals surface area contributed by atoms with E-state index in [1.165, 1.54) is 12.1 Å². The molecule has 1 N–H and O–H groups in total. The Morgan fingerprint density at radius 2 is 1.87 bits per heavy atom. The van der Waals surface area contributed by atoms with Crippen LogP contribution < -0.4 is 5.32 Å². The molecule has 0 bridgehead atoms. The molecule has 1 amide bonds. The summed E-state index contributed by atoms with van der Waals surface area (Å²) in [5.41, 5.74) is 0.0670. The van der Waals surface area contributed by atoms with Crippen LogP contribution in [0.1, 0.15) is 26.3 Å². The van der Waals surface area contributed by atoms with Gasteiger partial charge in [-0.05, 0) is 38.1 Å². The van der Waals surface area contributed by atoms with Crippen LogP contribution in [0.5, 0.6) is 0 Å². The molecule has 1 saturated heterocycles. The van der Waals surface area contributed by atoms with Gasteiger partial charge in [0.25, 0.3) is 0 Å². The number of piperazine rings is 1. The quantitative estimate of drug-likeness (QED) is 0.893. The third-order valence-electron chi connectivity index (χ3n) is 4.34. The third kappa shape index (κ3) is 4.90. The predicted molar refractivity (Wildman–Crippen MR) is 91.1 cm³/mol. The minimum atomic E-state index is -0.646. The average Bonchev–Trinajstić information content (AvgIpc) is 2.46. The van der Waals surface area contributed by atoms with Crippen molar-refractivity contribution in [3.63, 3.8) is 0 Å². The first-order chi connectivity index (χ1) is 10.8. The summed E-state index contributed by atoms with van der Waals surface area (Å²) in [5.74, 6) is -0.421. The lowest BCUT2D eigenvalue weighted by Gasteiger charge is -2.35. The number of hydrogen-bond acceptors (Lipinski definition) is 3. The second-order valence-electron chi connectivity index (χ2n) is 6.51. The molecule has 1 fully saturated rings. The van der Waals surface area contributed by atoms with E-state index in [4.69, 9.17) is 11.6 Å². The molecule has 0 radical (unpaired) electrons. The van der Waals surface area contributed by atoms with E-state index in [0.717, 1.165) is 32.7 Å². The largest absolute Gasteiger partial charge is 0.346 e. The molecule has 0 spiro atoms. The van der Waals surface area contributed by atoms with Crippen LogP contribution in [0.3, 0.4) is 0 Å². The monoisotopic (exact) mass is 341 g/mol. The molecule has 1 heterocycles. The van der Waals surface area contributed by atoms with E-state index in [1.807, 2.05) is 13.8 Å². The number of amides is 1. The smallest absolute Gasteiger partial charge is 0.234 e. The summed E-state index contributed by atoms with van der Waals surface area (Å²) in [4.78, 5) is 16.9. The molecule has 1 aliphatic heterocycles. The number of hydrogen-bond donors (Lipinski definition) is 1. The topological polar surface area (TPSA) is 35.6 Å². The highest BCUT2D eigenvalue weighted by Gasteiger charge is 2.27. The van der Waals surface area contributed by atoms with Gasteiger partial charge in [0.05, 0.1) is 12.1 Å². The molecule has 1 aromatic carbocycles. The first kappa shape index (κ1) is 18.2. The fourth-order valence-corrected chi connectivity index (χ4v) is 3.32. The number of nitrogens with one attached hydrogen (secondary N) is 1. The highest BCUT2D eigenvalue weighted by molar-refractivity contribution is 6.31. The molecule has 23 heavy (non-hydrogen) atoms. The van der Waals surface area contributed by atoms with E-state index in [1.54, 1.807) is 6.07 Å². The number of carbonyl (C=O) groups excluding carboxylic acids is 1. The summed E-state index contributed by atoms with van der Waals surface area (Å²) >= 11 is 6.11. The van der Waals surface area contributed by atoms with E-state index < -0.39 is 5.54 Å². The molecule has 1 aromatic rings. The Hall–Kier alpha value is -1.17. The lowest BCUT2D eigenvalue weighted by molar-refractivity contribution is -0.124. The number of halogens is 2. The average molecular weight is 342 g/mol. The molecule has 6 heteroatoms. The molecule has 4 nitrogen and oxygen atoms in total. The Kier molecular flexibility index (Phi) is 6.00. The van der Waals surface area contributed by atoms with Crippen molar-refractivity contribution >= 4 is 17.5 Å². The summed E-state index contributed by atoms with van der Waals surface area (Å²) in [5, 5.41) is 3.33. The van der Waals surface area contributed by atoms with Crippen LogP contribution in [0.15, 0.2) is 18.2 Å². The zero-order chi connectivity index (χ0) is 17.0. The van der Waals surface area contributed by atoms with Gasteiger partial charge in [0.15, 0.2) is 0 Å². The molecule has 0 aliphatic carbocycles. The molecule has 128 valence electrons. The molecular weight excluding hydrogens is 317 g/mol. The number of carbonyl (C=O) groups is 1. The highest BCUT2D eigenvalue weighted by atomic mass is 35.5. The Bertz CT molecular complexity index is 557. The fourth-order valence-electron chi connectivity index (χ4n) is 2.92. The lowest BCUT2D eigenvalue weighted by atomic mass is 9.94. The van der Waals surface area contributed by atoms with Crippen molar-refractivity contribution in [2.75, 3.05) is 39.3 Å². The van der Waals surface area contributed by atoms with Crippen molar-refractivity contribution in [3.8, 4) is 0 Å². The fraction of sp³-hybridized carbons (Fsp3) is 0.588. The molecule has 0 saturated carbocycles. The van der Waals surface area contributed by atoms with E-state index in [0.29, 0.717) is 17.1 Å². The van der Waals surface area contributed by atoms with E-state index in [9.17, 15) is 9.18 Å². The first-order valence-electron chi connectivity index (χ1n) is 8.03. The number of benzene rings is 1.